The van der Waals surface area contributed by atoms with Crippen LogP contribution >= 0.6 is 11.8 Å². The first-order chi connectivity index (χ1) is 8.38. The molecule has 3 heterocycles. The van der Waals surface area contributed by atoms with Crippen LogP contribution in [0.4, 0.5) is 0 Å². The number of carbonyl (C=O) groups is 1. The van der Waals surface area contributed by atoms with Crippen molar-refractivity contribution >= 4 is 23.6 Å². The molecule has 0 amide bonds. The Morgan fingerprint density at radius 3 is 3.29 bits per heavy atom. The first-order valence-electron chi connectivity index (χ1n) is 5.86. The molecule has 0 aliphatic carbocycles. The van der Waals surface area contributed by atoms with Crippen LogP contribution in [0.2, 0.25) is 0 Å². The van der Waals surface area contributed by atoms with Crippen molar-refractivity contribution in [2.45, 2.75) is 12.8 Å². The summed E-state index contributed by atoms with van der Waals surface area (Å²) in [6.07, 6.45) is 7.00. The molecule has 0 radical (unpaired) electrons. The third-order valence-corrected chi connectivity index (χ3v) is 4.53. The fourth-order valence-electron chi connectivity index (χ4n) is 2.35. The Kier molecular flexibility index (Phi) is 2.89. The molecule has 1 fully saturated rings. The molecule has 1 atom stereocenters. The Morgan fingerprint density at radius 1 is 1.59 bits per heavy atom. The second-order valence-corrected chi connectivity index (χ2v) is 5.59. The summed E-state index contributed by atoms with van der Waals surface area (Å²) in [7, 11) is 0. The van der Waals surface area contributed by atoms with Crippen molar-refractivity contribution in [3.05, 3.63) is 35.9 Å². The molecular weight excluding hydrogens is 232 g/mol. The van der Waals surface area contributed by atoms with Crippen LogP contribution in [0.25, 0.3) is 5.52 Å². The number of thioether (sulfide) groups is 1. The zero-order valence-electron chi connectivity index (χ0n) is 9.50. The van der Waals surface area contributed by atoms with E-state index in [1.807, 2.05) is 34.5 Å². The number of rotatable bonds is 3. The number of aromatic nitrogens is 2. The molecule has 0 bridgehead atoms. The molecule has 1 aliphatic rings. The van der Waals surface area contributed by atoms with E-state index in [-0.39, 0.29) is 0 Å². The van der Waals surface area contributed by atoms with Gasteiger partial charge in [-0.25, -0.2) is 4.98 Å². The summed E-state index contributed by atoms with van der Waals surface area (Å²) in [5.74, 6) is 4.33. The van der Waals surface area contributed by atoms with Gasteiger partial charge in [-0.1, -0.05) is 0 Å². The summed E-state index contributed by atoms with van der Waals surface area (Å²) in [6, 6.07) is 3.74. The first kappa shape index (κ1) is 10.8. The fraction of sp³-hybridized carbons (Fsp3) is 0.385. The zero-order valence-corrected chi connectivity index (χ0v) is 10.3. The van der Waals surface area contributed by atoms with Crippen molar-refractivity contribution in [3.8, 4) is 0 Å². The summed E-state index contributed by atoms with van der Waals surface area (Å²) < 4.78 is 2.05. The lowest BCUT2D eigenvalue weighted by Crippen LogP contribution is -2.06. The molecule has 1 aliphatic heterocycles. The van der Waals surface area contributed by atoms with Crippen LogP contribution in [0.3, 0.4) is 0 Å². The molecular formula is C13H14N2OS. The number of hydrogen-bond acceptors (Lipinski definition) is 3. The summed E-state index contributed by atoms with van der Waals surface area (Å²) in [6.45, 7) is 0. The maximum atomic E-state index is 10.9. The number of imidazole rings is 1. The van der Waals surface area contributed by atoms with Gasteiger partial charge < -0.3 is 4.40 Å². The van der Waals surface area contributed by atoms with Crippen molar-refractivity contribution in [2.24, 2.45) is 5.92 Å². The van der Waals surface area contributed by atoms with Crippen LogP contribution < -0.4 is 0 Å². The minimum atomic E-state index is 0.715. The predicted molar refractivity (Wildman–Crippen MR) is 69.7 cm³/mol. The average Bonchev–Trinajstić information content (AvgIpc) is 2.99. The number of hydrogen-bond donors (Lipinski definition) is 0. The maximum absolute atomic E-state index is 10.9. The van der Waals surface area contributed by atoms with Gasteiger partial charge in [0.25, 0.3) is 0 Å². The number of carbonyl (C=O) groups excluding carboxylic acids is 1. The summed E-state index contributed by atoms with van der Waals surface area (Å²) in [5.41, 5.74) is 1.63. The van der Waals surface area contributed by atoms with Crippen LogP contribution in [0, 0.1) is 5.92 Å². The summed E-state index contributed by atoms with van der Waals surface area (Å²) >= 11 is 2.02. The summed E-state index contributed by atoms with van der Waals surface area (Å²) in [4.78, 5) is 15.4. The monoisotopic (exact) mass is 246 g/mol. The molecule has 0 saturated carbocycles. The molecule has 2 aromatic heterocycles. The molecule has 3 nitrogen and oxygen atoms in total. The van der Waals surface area contributed by atoms with Gasteiger partial charge in [-0.05, 0) is 36.0 Å². The molecule has 17 heavy (non-hydrogen) atoms. The highest BCUT2D eigenvalue weighted by atomic mass is 32.2. The summed E-state index contributed by atoms with van der Waals surface area (Å²) in [5, 5.41) is 0. The van der Waals surface area contributed by atoms with Crippen LogP contribution in [0.15, 0.2) is 24.5 Å². The molecule has 0 aromatic carbocycles. The van der Waals surface area contributed by atoms with Crippen LogP contribution in [0.1, 0.15) is 22.6 Å². The molecule has 88 valence electrons. The van der Waals surface area contributed by atoms with Gasteiger partial charge in [0.05, 0.1) is 11.7 Å². The number of nitrogens with zero attached hydrogens (tertiary/aromatic N) is 2. The Hall–Kier alpha value is -1.29. The predicted octanol–water partition coefficient (Wildman–Crippen LogP) is 2.44. The van der Waals surface area contributed by atoms with Crippen molar-refractivity contribution in [3.63, 3.8) is 0 Å². The smallest absolute Gasteiger partial charge is 0.152 e. The number of pyridine rings is 1. The van der Waals surface area contributed by atoms with Gasteiger partial charge in [0.1, 0.15) is 5.82 Å². The number of fused-ring (bicyclic) bond motifs is 1. The highest BCUT2D eigenvalue weighted by Crippen LogP contribution is 2.26. The Bertz CT molecular complexity index is 543. The van der Waals surface area contributed by atoms with E-state index >= 15 is 0 Å². The van der Waals surface area contributed by atoms with Crippen molar-refractivity contribution < 1.29 is 4.79 Å². The minimum Gasteiger partial charge on any atom is -0.303 e. The molecule has 0 spiro atoms. The van der Waals surface area contributed by atoms with Crippen LogP contribution in [-0.2, 0) is 6.42 Å². The fourth-order valence-corrected chi connectivity index (χ4v) is 3.63. The molecule has 1 unspecified atom stereocenters. The molecule has 2 aromatic rings. The topological polar surface area (TPSA) is 34.4 Å². The van der Waals surface area contributed by atoms with Gasteiger partial charge in [0.2, 0.25) is 0 Å². The van der Waals surface area contributed by atoms with E-state index in [2.05, 4.69) is 4.98 Å². The highest BCUT2D eigenvalue weighted by molar-refractivity contribution is 7.99. The largest absolute Gasteiger partial charge is 0.303 e. The minimum absolute atomic E-state index is 0.715. The molecule has 1 saturated heterocycles. The SMILES string of the molecule is O=Cc1cccn2c(CC3CCSC3)ncc12. The van der Waals surface area contributed by atoms with Gasteiger partial charge in [-0.3, -0.25) is 4.79 Å². The Morgan fingerprint density at radius 2 is 2.53 bits per heavy atom. The van der Waals surface area contributed by atoms with E-state index in [0.717, 1.165) is 30.0 Å². The van der Waals surface area contributed by atoms with E-state index in [9.17, 15) is 4.79 Å². The van der Waals surface area contributed by atoms with E-state index < -0.39 is 0 Å². The normalized spacial score (nSPS) is 19.9. The van der Waals surface area contributed by atoms with Gasteiger partial charge >= 0.3 is 0 Å². The standard InChI is InChI=1S/C13H14N2OS/c16-8-11-2-1-4-15-12(11)7-14-13(15)6-10-3-5-17-9-10/h1-2,4,7-8,10H,3,5-6,9H2. The second kappa shape index (κ2) is 4.53. The van der Waals surface area contributed by atoms with Crippen molar-refractivity contribution in [1.29, 1.82) is 0 Å². The lowest BCUT2D eigenvalue weighted by atomic mass is 10.1. The number of aldehydes is 1. The van der Waals surface area contributed by atoms with E-state index in [0.29, 0.717) is 5.56 Å². The maximum Gasteiger partial charge on any atom is 0.152 e. The average molecular weight is 246 g/mol. The first-order valence-corrected chi connectivity index (χ1v) is 7.02. The third kappa shape index (κ3) is 1.97. The lowest BCUT2D eigenvalue weighted by molar-refractivity contribution is 0.112. The quantitative estimate of drug-likeness (QED) is 0.780. The zero-order chi connectivity index (χ0) is 11.7. The van der Waals surface area contributed by atoms with Crippen molar-refractivity contribution in [2.75, 3.05) is 11.5 Å². The Labute approximate surface area is 104 Å². The van der Waals surface area contributed by atoms with E-state index in [1.165, 1.54) is 17.9 Å². The van der Waals surface area contributed by atoms with E-state index in [4.69, 9.17) is 0 Å². The Balaban J connectivity index is 1.97. The van der Waals surface area contributed by atoms with Gasteiger partial charge in [0.15, 0.2) is 6.29 Å². The molecule has 3 rings (SSSR count). The van der Waals surface area contributed by atoms with Crippen LogP contribution in [-0.4, -0.2) is 27.2 Å². The van der Waals surface area contributed by atoms with Gasteiger partial charge in [-0.15, -0.1) is 0 Å². The van der Waals surface area contributed by atoms with Crippen LogP contribution in [0.5, 0.6) is 0 Å². The molecule has 0 N–H and O–H groups in total. The van der Waals surface area contributed by atoms with Crippen molar-refractivity contribution in [1.82, 2.24) is 9.38 Å². The second-order valence-electron chi connectivity index (χ2n) is 4.44. The lowest BCUT2D eigenvalue weighted by Gasteiger charge is -2.07. The molecule has 4 heteroatoms. The van der Waals surface area contributed by atoms with E-state index in [1.54, 1.807) is 6.20 Å². The highest BCUT2D eigenvalue weighted by Gasteiger charge is 2.18. The third-order valence-electron chi connectivity index (χ3n) is 3.30. The van der Waals surface area contributed by atoms with Gasteiger partial charge in [-0.2, -0.15) is 11.8 Å². The van der Waals surface area contributed by atoms with Gasteiger partial charge in [0, 0.05) is 18.2 Å².